The monoisotopic (exact) mass is 310 g/mol. The van der Waals surface area contributed by atoms with Crippen LogP contribution in [0, 0.1) is 0 Å². The molecule has 0 spiro atoms. The Morgan fingerprint density at radius 3 is 3.00 bits per heavy atom. The van der Waals surface area contributed by atoms with Crippen molar-refractivity contribution in [2.75, 3.05) is 26.2 Å². The maximum absolute atomic E-state index is 11.5. The normalized spacial score (nSPS) is 14.8. The molecule has 5 heteroatoms. The Bertz CT molecular complexity index is 479. The first kappa shape index (κ1) is 16.1. The molecular weight excluding hydrogens is 288 g/mol. The van der Waals surface area contributed by atoms with Gasteiger partial charge in [0.15, 0.2) is 0 Å². The largest absolute Gasteiger partial charge is 0.494 e. The molecule has 1 aliphatic heterocycles. The molecule has 1 heterocycles. The van der Waals surface area contributed by atoms with Crippen LogP contribution in [-0.2, 0) is 11.3 Å². The van der Waals surface area contributed by atoms with E-state index in [2.05, 4.69) is 5.32 Å². The highest BCUT2D eigenvalue weighted by molar-refractivity contribution is 6.30. The van der Waals surface area contributed by atoms with Gasteiger partial charge in [0.05, 0.1) is 6.61 Å². The van der Waals surface area contributed by atoms with E-state index in [-0.39, 0.29) is 0 Å². The van der Waals surface area contributed by atoms with Crippen LogP contribution in [-0.4, -0.2) is 37.0 Å². The molecule has 0 bridgehead atoms. The maximum atomic E-state index is 11.5. The number of benzene rings is 1. The third-order valence-electron chi connectivity index (χ3n) is 3.59. The van der Waals surface area contributed by atoms with Gasteiger partial charge in [0.25, 0.3) is 0 Å². The van der Waals surface area contributed by atoms with E-state index in [1.165, 1.54) is 0 Å². The third-order valence-corrected chi connectivity index (χ3v) is 3.83. The zero-order chi connectivity index (χ0) is 15.1. The lowest BCUT2D eigenvalue weighted by Gasteiger charge is -2.16. The lowest BCUT2D eigenvalue weighted by Crippen LogP contribution is -2.28. The summed E-state index contributed by atoms with van der Waals surface area (Å²) in [7, 11) is 0. The predicted molar refractivity (Wildman–Crippen MR) is 84.8 cm³/mol. The molecular formula is C16H23ClN2O2. The molecule has 0 aliphatic carbocycles. The number of carbonyl (C=O) groups excluding carboxylic acids is 1. The quantitative estimate of drug-likeness (QED) is 0.751. The van der Waals surface area contributed by atoms with Crippen LogP contribution in [0.4, 0.5) is 0 Å². The molecule has 0 saturated carbocycles. The van der Waals surface area contributed by atoms with Gasteiger partial charge in [0.2, 0.25) is 5.91 Å². The fourth-order valence-corrected chi connectivity index (χ4v) is 2.74. The van der Waals surface area contributed by atoms with Crippen LogP contribution in [0.15, 0.2) is 18.2 Å². The van der Waals surface area contributed by atoms with Crippen LogP contribution in [0.5, 0.6) is 5.75 Å². The van der Waals surface area contributed by atoms with Crippen LogP contribution in [0.1, 0.15) is 31.7 Å². The molecule has 1 aliphatic rings. The first-order chi connectivity index (χ1) is 10.2. The molecule has 0 unspecified atom stereocenters. The molecule has 4 nitrogen and oxygen atoms in total. The van der Waals surface area contributed by atoms with E-state index in [1.807, 2.05) is 30.0 Å². The second-order valence-electron chi connectivity index (χ2n) is 5.20. The van der Waals surface area contributed by atoms with Crippen LogP contribution >= 0.6 is 11.6 Å². The Labute approximate surface area is 131 Å². The molecule has 1 fully saturated rings. The van der Waals surface area contributed by atoms with Crippen molar-refractivity contribution in [2.24, 2.45) is 0 Å². The lowest BCUT2D eigenvalue weighted by atomic mass is 10.2. The van der Waals surface area contributed by atoms with E-state index in [1.54, 1.807) is 0 Å². The molecule has 1 aromatic carbocycles. The minimum atomic E-state index is 0.295. The summed E-state index contributed by atoms with van der Waals surface area (Å²) < 4.78 is 5.59. The fraction of sp³-hybridized carbons (Fsp3) is 0.562. The van der Waals surface area contributed by atoms with Crippen molar-refractivity contribution in [3.63, 3.8) is 0 Å². The number of nitrogens with zero attached hydrogens (tertiary/aromatic N) is 1. The smallest absolute Gasteiger partial charge is 0.222 e. The van der Waals surface area contributed by atoms with Crippen molar-refractivity contribution in [1.82, 2.24) is 10.2 Å². The first-order valence-corrected chi connectivity index (χ1v) is 7.98. The number of ether oxygens (including phenoxy) is 1. The molecule has 116 valence electrons. The average Bonchev–Trinajstić information content (AvgIpc) is 2.87. The number of hydrogen-bond donors (Lipinski definition) is 1. The van der Waals surface area contributed by atoms with E-state index >= 15 is 0 Å². The Hall–Kier alpha value is -1.26. The first-order valence-electron chi connectivity index (χ1n) is 7.60. The highest BCUT2D eigenvalue weighted by Crippen LogP contribution is 2.22. The van der Waals surface area contributed by atoms with Crippen molar-refractivity contribution in [2.45, 2.75) is 32.7 Å². The summed E-state index contributed by atoms with van der Waals surface area (Å²) in [5.41, 5.74) is 1.07. The molecule has 1 saturated heterocycles. The van der Waals surface area contributed by atoms with E-state index in [0.717, 1.165) is 55.4 Å². The highest BCUT2D eigenvalue weighted by atomic mass is 35.5. The molecule has 1 N–H and O–H groups in total. The Balaban J connectivity index is 1.72. The van der Waals surface area contributed by atoms with Crippen molar-refractivity contribution >= 4 is 17.5 Å². The zero-order valence-corrected chi connectivity index (χ0v) is 13.3. The minimum Gasteiger partial charge on any atom is -0.494 e. The number of nitrogens with one attached hydrogen (secondary N) is 1. The van der Waals surface area contributed by atoms with Crippen LogP contribution in [0.3, 0.4) is 0 Å². The molecule has 1 aromatic rings. The topological polar surface area (TPSA) is 41.6 Å². The summed E-state index contributed by atoms with van der Waals surface area (Å²) in [5.74, 6) is 1.17. The maximum Gasteiger partial charge on any atom is 0.222 e. The summed E-state index contributed by atoms with van der Waals surface area (Å²) in [4.78, 5) is 13.4. The number of rotatable bonds is 8. The average molecular weight is 311 g/mol. The highest BCUT2D eigenvalue weighted by Gasteiger charge is 2.18. The second-order valence-corrected chi connectivity index (χ2v) is 5.64. The third kappa shape index (κ3) is 4.90. The summed E-state index contributed by atoms with van der Waals surface area (Å²) >= 11 is 6.03. The van der Waals surface area contributed by atoms with Gasteiger partial charge in [0, 0.05) is 36.6 Å². The molecule has 0 aromatic heterocycles. The summed E-state index contributed by atoms with van der Waals surface area (Å²) in [6, 6.07) is 5.68. The van der Waals surface area contributed by atoms with Gasteiger partial charge in [-0.3, -0.25) is 4.79 Å². The van der Waals surface area contributed by atoms with E-state index < -0.39 is 0 Å². The van der Waals surface area contributed by atoms with Gasteiger partial charge in [-0.05, 0) is 44.5 Å². The van der Waals surface area contributed by atoms with Crippen molar-refractivity contribution in [3.8, 4) is 5.75 Å². The molecule has 1 amide bonds. The van der Waals surface area contributed by atoms with Gasteiger partial charge in [-0.2, -0.15) is 0 Å². The molecule has 21 heavy (non-hydrogen) atoms. The van der Waals surface area contributed by atoms with Gasteiger partial charge in [0.1, 0.15) is 5.75 Å². The zero-order valence-electron chi connectivity index (χ0n) is 12.5. The van der Waals surface area contributed by atoms with Crippen LogP contribution in [0.25, 0.3) is 0 Å². The second kappa shape index (κ2) is 8.25. The summed E-state index contributed by atoms with van der Waals surface area (Å²) in [6.45, 7) is 5.98. The lowest BCUT2D eigenvalue weighted by molar-refractivity contribution is -0.127. The van der Waals surface area contributed by atoms with Crippen LogP contribution < -0.4 is 10.1 Å². The van der Waals surface area contributed by atoms with Gasteiger partial charge in [-0.25, -0.2) is 0 Å². The fourth-order valence-electron chi connectivity index (χ4n) is 2.54. The van der Waals surface area contributed by atoms with Gasteiger partial charge in [-0.15, -0.1) is 0 Å². The van der Waals surface area contributed by atoms with Crippen molar-refractivity contribution in [1.29, 1.82) is 0 Å². The number of carbonyl (C=O) groups is 1. The number of hydrogen-bond acceptors (Lipinski definition) is 3. The molecule has 0 atom stereocenters. The van der Waals surface area contributed by atoms with E-state index in [9.17, 15) is 4.79 Å². The molecule has 0 radical (unpaired) electrons. The Kier molecular flexibility index (Phi) is 6.33. The number of amides is 1. The van der Waals surface area contributed by atoms with Crippen molar-refractivity contribution in [3.05, 3.63) is 28.8 Å². The standard InChI is InChI=1S/C16H23ClN2O2/c1-2-21-15-7-6-14(17)11-13(15)12-18-8-4-10-19-9-3-5-16(19)20/h6-7,11,18H,2-5,8-10,12H2,1H3. The SMILES string of the molecule is CCOc1ccc(Cl)cc1CNCCCN1CCCC1=O. The molecule has 2 rings (SSSR count). The number of likely N-dealkylation sites (tertiary alicyclic amines) is 1. The number of halogens is 1. The van der Waals surface area contributed by atoms with E-state index in [0.29, 0.717) is 18.9 Å². The predicted octanol–water partition coefficient (Wildman–Crippen LogP) is 2.84. The summed E-state index contributed by atoms with van der Waals surface area (Å²) in [5, 5.41) is 4.11. The van der Waals surface area contributed by atoms with Gasteiger partial charge < -0.3 is 15.0 Å². The van der Waals surface area contributed by atoms with Gasteiger partial charge >= 0.3 is 0 Å². The van der Waals surface area contributed by atoms with Gasteiger partial charge in [-0.1, -0.05) is 11.6 Å². The Morgan fingerprint density at radius 2 is 2.29 bits per heavy atom. The van der Waals surface area contributed by atoms with Crippen molar-refractivity contribution < 1.29 is 9.53 Å². The minimum absolute atomic E-state index is 0.295. The Morgan fingerprint density at radius 1 is 1.43 bits per heavy atom. The van der Waals surface area contributed by atoms with E-state index in [4.69, 9.17) is 16.3 Å². The van der Waals surface area contributed by atoms with Crippen LogP contribution in [0.2, 0.25) is 5.02 Å². The summed E-state index contributed by atoms with van der Waals surface area (Å²) in [6.07, 6.45) is 2.69.